The molecule has 0 aliphatic rings. The maximum Gasteiger partial charge on any atom is 0.243 e. The zero-order valence-corrected chi connectivity index (χ0v) is 12.4. The third-order valence-electron chi connectivity index (χ3n) is 3.11. The van der Waals surface area contributed by atoms with E-state index in [0.29, 0.717) is 6.54 Å². The molecule has 0 aliphatic carbocycles. The van der Waals surface area contributed by atoms with Crippen molar-refractivity contribution in [1.29, 1.82) is 0 Å². The first kappa shape index (κ1) is 14.7. The summed E-state index contributed by atoms with van der Waals surface area (Å²) >= 11 is 1.76. The molecule has 0 saturated carbocycles. The average molecular weight is 292 g/mol. The summed E-state index contributed by atoms with van der Waals surface area (Å²) < 4.78 is 3.93. The highest BCUT2D eigenvalue weighted by molar-refractivity contribution is 7.98. The monoisotopic (exact) mass is 292 g/mol. The standard InChI is InChI=1S/C14H20N4OS/c1-20-11-4-13(18-7-2-3-8-18)14(19)16-6-10-17-9-5-15-12-17/h2-3,5,7-9,12-13H,4,6,10-11H2,1H3,(H,16,19)/t13-/m0/s1. The Bertz CT molecular complexity index is 495. The molecule has 1 amide bonds. The number of hydrogen-bond donors (Lipinski definition) is 1. The van der Waals surface area contributed by atoms with Gasteiger partial charge in [-0.2, -0.15) is 11.8 Å². The largest absolute Gasteiger partial charge is 0.353 e. The SMILES string of the molecule is CSCC[C@@H](C(=O)NCCn1ccnc1)n1cccc1. The molecule has 0 radical (unpaired) electrons. The fourth-order valence-electron chi connectivity index (χ4n) is 2.05. The number of carbonyl (C=O) groups is 1. The lowest BCUT2D eigenvalue weighted by Gasteiger charge is -2.18. The van der Waals surface area contributed by atoms with Crippen molar-refractivity contribution in [1.82, 2.24) is 19.4 Å². The second-order valence-electron chi connectivity index (χ2n) is 4.52. The van der Waals surface area contributed by atoms with Gasteiger partial charge in [0.1, 0.15) is 6.04 Å². The van der Waals surface area contributed by atoms with Crippen LogP contribution in [-0.2, 0) is 11.3 Å². The molecule has 1 N–H and O–H groups in total. The van der Waals surface area contributed by atoms with Crippen LogP contribution < -0.4 is 5.32 Å². The van der Waals surface area contributed by atoms with E-state index in [4.69, 9.17) is 0 Å². The molecule has 0 aromatic carbocycles. The van der Waals surface area contributed by atoms with E-state index in [2.05, 4.69) is 16.6 Å². The van der Waals surface area contributed by atoms with Crippen molar-refractivity contribution in [3.05, 3.63) is 43.2 Å². The molecule has 6 heteroatoms. The molecule has 2 heterocycles. The van der Waals surface area contributed by atoms with E-state index in [9.17, 15) is 4.79 Å². The maximum atomic E-state index is 12.3. The summed E-state index contributed by atoms with van der Waals surface area (Å²) in [6.45, 7) is 1.36. The van der Waals surface area contributed by atoms with Crippen molar-refractivity contribution < 1.29 is 4.79 Å². The Morgan fingerprint density at radius 3 is 2.80 bits per heavy atom. The highest BCUT2D eigenvalue weighted by atomic mass is 32.2. The van der Waals surface area contributed by atoms with E-state index in [0.717, 1.165) is 18.7 Å². The summed E-state index contributed by atoms with van der Waals surface area (Å²) in [5.74, 6) is 1.05. The molecule has 108 valence electrons. The molecule has 0 saturated heterocycles. The van der Waals surface area contributed by atoms with Crippen LogP contribution in [0, 0.1) is 0 Å². The summed E-state index contributed by atoms with van der Waals surface area (Å²) in [5, 5.41) is 3.00. The van der Waals surface area contributed by atoms with Crippen molar-refractivity contribution in [2.24, 2.45) is 0 Å². The molecule has 2 aromatic heterocycles. The van der Waals surface area contributed by atoms with Crippen LogP contribution in [0.2, 0.25) is 0 Å². The van der Waals surface area contributed by atoms with Crippen LogP contribution >= 0.6 is 11.8 Å². The molecule has 0 fully saturated rings. The summed E-state index contributed by atoms with van der Waals surface area (Å²) in [4.78, 5) is 16.3. The van der Waals surface area contributed by atoms with Crippen molar-refractivity contribution >= 4 is 17.7 Å². The maximum absolute atomic E-state index is 12.3. The first-order chi connectivity index (χ1) is 9.81. The molecule has 5 nitrogen and oxygen atoms in total. The fraction of sp³-hybridized carbons (Fsp3) is 0.429. The minimum Gasteiger partial charge on any atom is -0.353 e. The van der Waals surface area contributed by atoms with Crippen molar-refractivity contribution in [2.75, 3.05) is 18.6 Å². The van der Waals surface area contributed by atoms with Gasteiger partial charge in [0.15, 0.2) is 0 Å². The second kappa shape index (κ2) is 7.79. The van der Waals surface area contributed by atoms with Crippen LogP contribution in [0.15, 0.2) is 43.2 Å². The minimum atomic E-state index is -0.125. The normalized spacial score (nSPS) is 12.2. The molecular formula is C14H20N4OS. The van der Waals surface area contributed by atoms with E-state index < -0.39 is 0 Å². The fourth-order valence-corrected chi connectivity index (χ4v) is 2.50. The second-order valence-corrected chi connectivity index (χ2v) is 5.50. The Morgan fingerprint density at radius 2 is 2.15 bits per heavy atom. The Kier molecular flexibility index (Phi) is 5.73. The Morgan fingerprint density at radius 1 is 1.35 bits per heavy atom. The number of nitrogens with zero attached hydrogens (tertiary/aromatic N) is 3. The van der Waals surface area contributed by atoms with Gasteiger partial charge in [-0.3, -0.25) is 4.79 Å². The summed E-state index contributed by atoms with van der Waals surface area (Å²) in [7, 11) is 0. The Hall–Kier alpha value is -1.69. The van der Waals surface area contributed by atoms with Crippen molar-refractivity contribution in [2.45, 2.75) is 19.0 Å². The lowest BCUT2D eigenvalue weighted by Crippen LogP contribution is -2.34. The van der Waals surface area contributed by atoms with Gasteiger partial charge in [0.05, 0.1) is 6.33 Å². The summed E-state index contributed by atoms with van der Waals surface area (Å²) in [6, 6.07) is 3.77. The van der Waals surface area contributed by atoms with Crippen LogP contribution in [0.25, 0.3) is 0 Å². The van der Waals surface area contributed by atoms with Crippen LogP contribution in [0.4, 0.5) is 0 Å². The van der Waals surface area contributed by atoms with Gasteiger partial charge in [-0.05, 0) is 30.6 Å². The predicted molar refractivity (Wildman–Crippen MR) is 81.7 cm³/mol. The van der Waals surface area contributed by atoms with Gasteiger partial charge in [0, 0.05) is 37.9 Å². The minimum absolute atomic E-state index is 0.0790. The van der Waals surface area contributed by atoms with Crippen LogP contribution in [0.1, 0.15) is 12.5 Å². The van der Waals surface area contributed by atoms with E-state index in [1.54, 1.807) is 24.3 Å². The van der Waals surface area contributed by atoms with E-state index >= 15 is 0 Å². The molecule has 1 atom stereocenters. The zero-order valence-electron chi connectivity index (χ0n) is 11.6. The number of nitrogens with one attached hydrogen (secondary N) is 1. The number of hydrogen-bond acceptors (Lipinski definition) is 3. The lowest BCUT2D eigenvalue weighted by molar-refractivity contribution is -0.124. The first-order valence-corrected chi connectivity index (χ1v) is 8.05. The highest BCUT2D eigenvalue weighted by Gasteiger charge is 2.18. The predicted octanol–water partition coefficient (Wildman–Crippen LogP) is 1.80. The molecule has 0 unspecified atom stereocenters. The topological polar surface area (TPSA) is 51.9 Å². The van der Waals surface area contributed by atoms with Crippen LogP contribution in [0.5, 0.6) is 0 Å². The van der Waals surface area contributed by atoms with E-state index in [1.165, 1.54) is 0 Å². The van der Waals surface area contributed by atoms with Gasteiger partial charge in [-0.25, -0.2) is 4.98 Å². The molecule has 2 aromatic rings. The number of aromatic nitrogens is 3. The number of imidazole rings is 1. The Labute approximate surface area is 123 Å². The number of amides is 1. The van der Waals surface area contributed by atoms with Crippen LogP contribution in [0.3, 0.4) is 0 Å². The number of carbonyl (C=O) groups excluding carboxylic acids is 1. The molecule has 0 spiro atoms. The quantitative estimate of drug-likeness (QED) is 0.807. The molecule has 0 bridgehead atoms. The molecule has 20 heavy (non-hydrogen) atoms. The zero-order chi connectivity index (χ0) is 14.2. The molecule has 0 aliphatic heterocycles. The van der Waals surface area contributed by atoms with Gasteiger partial charge in [-0.1, -0.05) is 0 Å². The average Bonchev–Trinajstić information content (AvgIpc) is 3.12. The van der Waals surface area contributed by atoms with Crippen LogP contribution in [-0.4, -0.2) is 38.6 Å². The van der Waals surface area contributed by atoms with Gasteiger partial charge in [0.25, 0.3) is 0 Å². The lowest BCUT2D eigenvalue weighted by atomic mass is 10.2. The summed E-state index contributed by atoms with van der Waals surface area (Å²) in [5.41, 5.74) is 0. The molecule has 2 rings (SSSR count). The van der Waals surface area contributed by atoms with Crippen molar-refractivity contribution in [3.8, 4) is 0 Å². The van der Waals surface area contributed by atoms with E-state index in [1.807, 2.05) is 39.9 Å². The number of rotatable bonds is 8. The third kappa shape index (κ3) is 4.16. The van der Waals surface area contributed by atoms with E-state index in [-0.39, 0.29) is 11.9 Å². The first-order valence-electron chi connectivity index (χ1n) is 6.66. The Balaban J connectivity index is 1.86. The van der Waals surface area contributed by atoms with Gasteiger partial charge >= 0.3 is 0 Å². The highest BCUT2D eigenvalue weighted by Crippen LogP contribution is 2.14. The van der Waals surface area contributed by atoms with Gasteiger partial charge in [-0.15, -0.1) is 0 Å². The third-order valence-corrected chi connectivity index (χ3v) is 3.76. The van der Waals surface area contributed by atoms with Gasteiger partial charge in [0.2, 0.25) is 5.91 Å². The molecular weight excluding hydrogens is 272 g/mol. The van der Waals surface area contributed by atoms with Crippen molar-refractivity contribution in [3.63, 3.8) is 0 Å². The van der Waals surface area contributed by atoms with Gasteiger partial charge < -0.3 is 14.5 Å². The number of thioether (sulfide) groups is 1. The smallest absolute Gasteiger partial charge is 0.243 e. The summed E-state index contributed by atoms with van der Waals surface area (Å²) in [6.07, 6.45) is 12.2.